The predicted molar refractivity (Wildman–Crippen MR) is 115 cm³/mol. The van der Waals surface area contributed by atoms with E-state index in [-0.39, 0.29) is 37.0 Å². The van der Waals surface area contributed by atoms with E-state index < -0.39 is 6.67 Å². The first-order valence-electron chi connectivity index (χ1n) is 10.9. The van der Waals surface area contributed by atoms with Crippen molar-refractivity contribution in [2.45, 2.75) is 32.4 Å². The van der Waals surface area contributed by atoms with E-state index in [1.54, 1.807) is 13.2 Å². The topological polar surface area (TPSA) is 82.2 Å². The minimum Gasteiger partial charge on any atom is -0.476 e. The van der Waals surface area contributed by atoms with E-state index in [1.807, 2.05) is 6.07 Å². The molecule has 0 spiro atoms. The SMILES string of the molecule is COC1CN(c2ccc(C(=O)N[C@H](COCCF)CC(C)C)nc2OCC2COC2)C1. The summed E-state index contributed by atoms with van der Waals surface area (Å²) < 4.78 is 34.2. The second-order valence-corrected chi connectivity index (χ2v) is 8.56. The third-order valence-electron chi connectivity index (χ3n) is 5.39. The average molecular weight is 440 g/mol. The number of amides is 1. The van der Waals surface area contributed by atoms with Crippen LogP contribution < -0.4 is 15.0 Å². The predicted octanol–water partition coefficient (Wildman–Crippen LogP) is 2.07. The molecule has 174 valence electrons. The molecule has 1 atom stereocenters. The van der Waals surface area contributed by atoms with Crippen molar-refractivity contribution in [2.75, 3.05) is 64.8 Å². The fourth-order valence-electron chi connectivity index (χ4n) is 3.55. The number of rotatable bonds is 13. The molecule has 0 radical (unpaired) electrons. The Morgan fingerprint density at radius 3 is 2.74 bits per heavy atom. The van der Waals surface area contributed by atoms with Gasteiger partial charge in [0, 0.05) is 26.1 Å². The van der Waals surface area contributed by atoms with Crippen molar-refractivity contribution in [3.8, 4) is 5.88 Å². The monoisotopic (exact) mass is 439 g/mol. The molecule has 31 heavy (non-hydrogen) atoms. The van der Waals surface area contributed by atoms with Crippen molar-refractivity contribution in [3.63, 3.8) is 0 Å². The number of aromatic nitrogens is 1. The van der Waals surface area contributed by atoms with Crippen LogP contribution in [-0.4, -0.2) is 82.9 Å². The number of nitrogens with zero attached hydrogens (tertiary/aromatic N) is 2. The van der Waals surface area contributed by atoms with E-state index in [1.165, 1.54) is 0 Å². The number of ether oxygens (including phenoxy) is 4. The summed E-state index contributed by atoms with van der Waals surface area (Å²) in [7, 11) is 1.70. The molecule has 1 aromatic rings. The Hall–Kier alpha value is -1.97. The second-order valence-electron chi connectivity index (χ2n) is 8.56. The third-order valence-corrected chi connectivity index (χ3v) is 5.39. The Labute approximate surface area is 183 Å². The normalized spacial score (nSPS) is 17.9. The maximum Gasteiger partial charge on any atom is 0.270 e. The van der Waals surface area contributed by atoms with Crippen LogP contribution in [-0.2, 0) is 14.2 Å². The van der Waals surface area contributed by atoms with E-state index in [0.29, 0.717) is 37.5 Å². The van der Waals surface area contributed by atoms with Gasteiger partial charge in [-0.05, 0) is 24.5 Å². The molecule has 0 aromatic carbocycles. The number of anilines is 1. The first-order chi connectivity index (χ1) is 15.0. The minimum atomic E-state index is -0.543. The van der Waals surface area contributed by atoms with Gasteiger partial charge in [0.05, 0.1) is 45.2 Å². The molecule has 3 rings (SSSR count). The van der Waals surface area contributed by atoms with Gasteiger partial charge in [-0.1, -0.05) is 13.8 Å². The van der Waals surface area contributed by atoms with Gasteiger partial charge < -0.3 is 29.2 Å². The highest BCUT2D eigenvalue weighted by Crippen LogP contribution is 2.31. The molecule has 3 heterocycles. The van der Waals surface area contributed by atoms with Gasteiger partial charge in [0.15, 0.2) is 0 Å². The molecule has 2 aliphatic rings. The molecule has 1 aromatic heterocycles. The smallest absolute Gasteiger partial charge is 0.270 e. The number of hydrogen-bond acceptors (Lipinski definition) is 7. The standard InChI is InChI=1S/C22H34FN3O5/c1-15(2)8-17(14-29-7-6-23)24-21(27)19-4-5-20(26-9-18(10-26)28-3)22(25-19)31-13-16-11-30-12-16/h4-5,15-18H,6-14H2,1-3H3,(H,24,27)/t17-/m0/s1. The van der Waals surface area contributed by atoms with E-state index in [4.69, 9.17) is 18.9 Å². The van der Waals surface area contributed by atoms with Crippen LogP contribution in [0.5, 0.6) is 5.88 Å². The highest BCUT2D eigenvalue weighted by Gasteiger charge is 2.30. The molecule has 1 amide bonds. The molecule has 9 heteroatoms. The van der Waals surface area contributed by atoms with E-state index in [2.05, 4.69) is 29.0 Å². The fraction of sp³-hybridized carbons (Fsp3) is 0.727. The summed E-state index contributed by atoms with van der Waals surface area (Å²) in [6.07, 6.45) is 0.921. The molecule has 0 saturated carbocycles. The van der Waals surface area contributed by atoms with Crippen LogP contribution in [0.25, 0.3) is 0 Å². The first kappa shape index (κ1) is 23.7. The zero-order valence-corrected chi connectivity index (χ0v) is 18.6. The van der Waals surface area contributed by atoms with Crippen molar-refractivity contribution in [1.82, 2.24) is 10.3 Å². The fourth-order valence-corrected chi connectivity index (χ4v) is 3.55. The first-order valence-corrected chi connectivity index (χ1v) is 10.9. The molecule has 2 saturated heterocycles. The summed E-state index contributed by atoms with van der Waals surface area (Å²) in [6.45, 7) is 7.26. The number of hydrogen-bond donors (Lipinski definition) is 1. The third kappa shape index (κ3) is 6.75. The molecular weight excluding hydrogens is 405 g/mol. The molecular formula is C22H34FN3O5. The number of halogens is 1. The lowest BCUT2D eigenvalue weighted by atomic mass is 10.0. The van der Waals surface area contributed by atoms with Gasteiger partial charge in [0.1, 0.15) is 18.1 Å². The Bertz CT molecular complexity index is 710. The summed E-state index contributed by atoms with van der Waals surface area (Å²) in [6, 6.07) is 3.37. The van der Waals surface area contributed by atoms with Gasteiger partial charge in [0.2, 0.25) is 5.88 Å². The molecule has 2 fully saturated rings. The average Bonchev–Trinajstić information content (AvgIpc) is 2.66. The summed E-state index contributed by atoms with van der Waals surface area (Å²) in [4.78, 5) is 19.5. The van der Waals surface area contributed by atoms with Gasteiger partial charge in [-0.3, -0.25) is 4.79 Å². The van der Waals surface area contributed by atoms with E-state index in [0.717, 1.165) is 25.2 Å². The van der Waals surface area contributed by atoms with Crippen LogP contribution >= 0.6 is 0 Å². The lowest BCUT2D eigenvalue weighted by Crippen LogP contribution is -2.52. The Morgan fingerprint density at radius 1 is 1.35 bits per heavy atom. The number of pyridine rings is 1. The Kier molecular flexibility index (Phi) is 8.86. The van der Waals surface area contributed by atoms with Crippen LogP contribution in [0.15, 0.2) is 12.1 Å². The number of carbonyl (C=O) groups is 1. The molecule has 1 N–H and O–H groups in total. The van der Waals surface area contributed by atoms with E-state index >= 15 is 0 Å². The van der Waals surface area contributed by atoms with Crippen LogP contribution in [0.3, 0.4) is 0 Å². The maximum absolute atomic E-state index is 12.9. The number of nitrogens with one attached hydrogen (secondary N) is 1. The van der Waals surface area contributed by atoms with Crippen LogP contribution in [0.1, 0.15) is 30.8 Å². The summed E-state index contributed by atoms with van der Waals surface area (Å²) >= 11 is 0. The lowest BCUT2D eigenvalue weighted by molar-refractivity contribution is -0.0514. The van der Waals surface area contributed by atoms with Crippen molar-refractivity contribution < 1.29 is 28.1 Å². The van der Waals surface area contributed by atoms with Crippen molar-refractivity contribution in [2.24, 2.45) is 11.8 Å². The van der Waals surface area contributed by atoms with Gasteiger partial charge in [-0.15, -0.1) is 0 Å². The highest BCUT2D eigenvalue weighted by atomic mass is 19.1. The second kappa shape index (κ2) is 11.6. The zero-order valence-electron chi connectivity index (χ0n) is 18.6. The Morgan fingerprint density at radius 2 is 2.13 bits per heavy atom. The van der Waals surface area contributed by atoms with Crippen molar-refractivity contribution >= 4 is 11.6 Å². The molecule has 0 bridgehead atoms. The minimum absolute atomic E-state index is 0.0264. The van der Waals surface area contributed by atoms with Crippen molar-refractivity contribution in [3.05, 3.63) is 17.8 Å². The van der Waals surface area contributed by atoms with Gasteiger partial charge in [0.25, 0.3) is 5.91 Å². The number of alkyl halides is 1. The molecule has 2 aliphatic heterocycles. The number of methoxy groups -OCH3 is 1. The zero-order chi connectivity index (χ0) is 22.2. The van der Waals surface area contributed by atoms with Gasteiger partial charge in [-0.25, -0.2) is 9.37 Å². The van der Waals surface area contributed by atoms with Crippen LogP contribution in [0.4, 0.5) is 10.1 Å². The summed E-state index contributed by atoms with van der Waals surface area (Å²) in [5.74, 6) is 0.858. The Balaban J connectivity index is 1.68. The largest absolute Gasteiger partial charge is 0.476 e. The van der Waals surface area contributed by atoms with Gasteiger partial charge in [-0.2, -0.15) is 0 Å². The van der Waals surface area contributed by atoms with E-state index in [9.17, 15) is 9.18 Å². The van der Waals surface area contributed by atoms with Gasteiger partial charge >= 0.3 is 0 Å². The summed E-state index contributed by atoms with van der Waals surface area (Å²) in [5, 5.41) is 2.97. The maximum atomic E-state index is 12.9. The van der Waals surface area contributed by atoms with Crippen LogP contribution in [0.2, 0.25) is 0 Å². The molecule has 0 unspecified atom stereocenters. The van der Waals surface area contributed by atoms with Crippen LogP contribution in [0, 0.1) is 11.8 Å². The van der Waals surface area contributed by atoms with Crippen molar-refractivity contribution in [1.29, 1.82) is 0 Å². The highest BCUT2D eigenvalue weighted by molar-refractivity contribution is 5.93. The lowest BCUT2D eigenvalue weighted by Gasteiger charge is -2.40. The number of carbonyl (C=O) groups excluding carboxylic acids is 1. The molecule has 8 nitrogen and oxygen atoms in total. The summed E-state index contributed by atoms with van der Waals surface area (Å²) in [5.41, 5.74) is 1.14. The molecule has 0 aliphatic carbocycles. The quantitative estimate of drug-likeness (QED) is 0.471.